The van der Waals surface area contributed by atoms with E-state index < -0.39 is 4.75 Å². The minimum Gasteiger partial charge on any atom is -0.450 e. The summed E-state index contributed by atoms with van der Waals surface area (Å²) in [4.78, 5) is 15.9. The summed E-state index contributed by atoms with van der Waals surface area (Å²) in [7, 11) is 1.97. The van der Waals surface area contributed by atoms with Crippen LogP contribution >= 0.6 is 32.6 Å². The Morgan fingerprint density at radius 3 is 3.00 bits per heavy atom. The van der Waals surface area contributed by atoms with E-state index in [1.165, 1.54) is 23.1 Å². The van der Waals surface area contributed by atoms with Gasteiger partial charge in [0.25, 0.3) is 0 Å². The summed E-state index contributed by atoms with van der Waals surface area (Å²) in [5.74, 6) is -0.280. The van der Waals surface area contributed by atoms with Gasteiger partial charge in [-0.2, -0.15) is 0 Å². The summed E-state index contributed by atoms with van der Waals surface area (Å²) in [6, 6.07) is 0. The molecular weight excluding hydrogens is 263 g/mol. The van der Waals surface area contributed by atoms with Gasteiger partial charge in [0.1, 0.15) is 4.75 Å². The third-order valence-corrected chi connectivity index (χ3v) is 4.25. The topological polar surface area (TPSA) is 65.2 Å². The van der Waals surface area contributed by atoms with Crippen LogP contribution < -0.4 is 5.73 Å². The number of thioether (sulfide) groups is 1. The van der Waals surface area contributed by atoms with E-state index in [4.69, 9.17) is 5.73 Å². The lowest BCUT2D eigenvalue weighted by atomic mass is 10.2. The molecule has 0 spiro atoms. The van der Waals surface area contributed by atoms with Crippen molar-refractivity contribution in [3.63, 3.8) is 0 Å². The van der Waals surface area contributed by atoms with Crippen molar-refractivity contribution in [3.8, 4) is 0 Å². The second-order valence-electron chi connectivity index (χ2n) is 3.66. The van der Waals surface area contributed by atoms with Crippen LogP contribution in [0.15, 0.2) is 9.72 Å². The molecule has 7 heteroatoms. The highest BCUT2D eigenvalue weighted by atomic mass is 32.2. The molecule has 4 nitrogen and oxygen atoms in total. The molecule has 0 aliphatic rings. The SMILES string of the molecule is CC(C)(Sc1nc(CCN)cs1)C(=O)OP. The first kappa shape index (κ1) is 13.9. The molecule has 0 aliphatic heterocycles. The van der Waals surface area contributed by atoms with Crippen LogP contribution in [0.25, 0.3) is 0 Å². The summed E-state index contributed by atoms with van der Waals surface area (Å²) in [6.45, 7) is 4.22. The minimum absolute atomic E-state index is 0.280. The van der Waals surface area contributed by atoms with Gasteiger partial charge in [-0.05, 0) is 20.4 Å². The fourth-order valence-electron chi connectivity index (χ4n) is 1.000. The van der Waals surface area contributed by atoms with Gasteiger partial charge in [0.2, 0.25) is 0 Å². The van der Waals surface area contributed by atoms with Gasteiger partial charge in [0, 0.05) is 11.8 Å². The number of carbonyl (C=O) groups is 1. The van der Waals surface area contributed by atoms with Gasteiger partial charge in [-0.25, -0.2) is 4.98 Å². The Labute approximate surface area is 106 Å². The van der Waals surface area contributed by atoms with Gasteiger partial charge in [0.05, 0.1) is 15.2 Å². The average Bonchev–Trinajstić information content (AvgIpc) is 2.64. The molecule has 0 fully saturated rings. The predicted molar refractivity (Wildman–Crippen MR) is 70.6 cm³/mol. The van der Waals surface area contributed by atoms with Crippen molar-refractivity contribution < 1.29 is 9.32 Å². The molecule has 0 radical (unpaired) electrons. The lowest BCUT2D eigenvalue weighted by molar-refractivity contribution is -0.135. The van der Waals surface area contributed by atoms with Crippen LogP contribution in [-0.4, -0.2) is 22.2 Å². The molecule has 0 amide bonds. The van der Waals surface area contributed by atoms with Crippen molar-refractivity contribution in [2.75, 3.05) is 6.54 Å². The maximum atomic E-state index is 11.5. The number of hydrogen-bond acceptors (Lipinski definition) is 6. The zero-order valence-electron chi connectivity index (χ0n) is 9.23. The quantitative estimate of drug-likeness (QED) is 0.657. The first-order valence-electron chi connectivity index (χ1n) is 4.74. The van der Waals surface area contributed by atoms with Crippen LogP contribution in [0.3, 0.4) is 0 Å². The van der Waals surface area contributed by atoms with E-state index in [0.717, 1.165) is 16.5 Å². The lowest BCUT2D eigenvalue weighted by Crippen LogP contribution is -2.27. The second-order valence-corrected chi connectivity index (χ2v) is 6.62. The summed E-state index contributed by atoms with van der Waals surface area (Å²) in [5, 5.41) is 1.97. The number of nitrogens with zero attached hydrogens (tertiary/aromatic N) is 1. The van der Waals surface area contributed by atoms with Crippen molar-refractivity contribution in [3.05, 3.63) is 11.1 Å². The van der Waals surface area contributed by atoms with Crippen LogP contribution in [0.4, 0.5) is 0 Å². The van der Waals surface area contributed by atoms with Crippen molar-refractivity contribution >= 4 is 38.5 Å². The maximum Gasteiger partial charge on any atom is 0.324 e. The monoisotopic (exact) mass is 278 g/mol. The van der Waals surface area contributed by atoms with Crippen molar-refractivity contribution in [2.24, 2.45) is 5.73 Å². The summed E-state index contributed by atoms with van der Waals surface area (Å²) in [5.41, 5.74) is 6.42. The normalized spacial score (nSPS) is 11.5. The van der Waals surface area contributed by atoms with E-state index in [2.05, 4.69) is 9.51 Å². The molecule has 2 N–H and O–H groups in total. The molecule has 1 atom stereocenters. The molecule has 0 bridgehead atoms. The number of aromatic nitrogens is 1. The molecule has 1 heterocycles. The standard InChI is InChI=1S/C9H15N2O2PS2/c1-9(2,7(12)13-14)16-8-11-6(3-4-10)5-15-8/h5H,3-4,10,14H2,1-2H3. The summed E-state index contributed by atoms with van der Waals surface area (Å²) >= 11 is 2.93. The van der Waals surface area contributed by atoms with Crippen LogP contribution in [0.5, 0.6) is 0 Å². The van der Waals surface area contributed by atoms with Crippen LogP contribution in [-0.2, 0) is 15.7 Å². The number of thiazole rings is 1. The van der Waals surface area contributed by atoms with Gasteiger partial charge in [-0.1, -0.05) is 11.8 Å². The van der Waals surface area contributed by atoms with E-state index in [9.17, 15) is 4.79 Å². The van der Waals surface area contributed by atoms with Crippen LogP contribution in [0, 0.1) is 0 Å². The average molecular weight is 278 g/mol. The van der Waals surface area contributed by atoms with E-state index >= 15 is 0 Å². The fourth-order valence-corrected chi connectivity index (χ4v) is 3.65. The smallest absolute Gasteiger partial charge is 0.324 e. The number of nitrogens with two attached hydrogens (primary N) is 1. The largest absolute Gasteiger partial charge is 0.450 e. The predicted octanol–water partition coefficient (Wildman–Crippen LogP) is 1.85. The van der Waals surface area contributed by atoms with Crippen molar-refractivity contribution in [2.45, 2.75) is 29.4 Å². The molecule has 1 aromatic heterocycles. The lowest BCUT2D eigenvalue weighted by Gasteiger charge is -2.18. The molecule has 0 aromatic carbocycles. The molecule has 16 heavy (non-hydrogen) atoms. The Morgan fingerprint density at radius 2 is 2.44 bits per heavy atom. The molecule has 1 unspecified atom stereocenters. The van der Waals surface area contributed by atoms with E-state index in [1.54, 1.807) is 0 Å². The molecule has 1 aromatic rings. The third kappa shape index (κ3) is 3.70. The first-order valence-corrected chi connectivity index (χ1v) is 6.91. The fraction of sp³-hybridized carbons (Fsp3) is 0.556. The Morgan fingerprint density at radius 1 is 1.75 bits per heavy atom. The van der Waals surface area contributed by atoms with Gasteiger partial charge < -0.3 is 10.3 Å². The highest BCUT2D eigenvalue weighted by Gasteiger charge is 2.31. The maximum absolute atomic E-state index is 11.5. The van der Waals surface area contributed by atoms with E-state index in [0.29, 0.717) is 6.54 Å². The van der Waals surface area contributed by atoms with Crippen LogP contribution in [0.1, 0.15) is 19.5 Å². The van der Waals surface area contributed by atoms with Gasteiger partial charge in [-0.15, -0.1) is 11.3 Å². The third-order valence-electron chi connectivity index (χ3n) is 1.87. The van der Waals surface area contributed by atoms with Gasteiger partial charge in [0.15, 0.2) is 4.34 Å². The number of carbonyl (C=O) groups excluding carboxylic acids is 1. The summed E-state index contributed by atoms with van der Waals surface area (Å²) in [6.07, 6.45) is 0.769. The molecule has 90 valence electrons. The Bertz CT molecular complexity index is 368. The van der Waals surface area contributed by atoms with Crippen molar-refractivity contribution in [1.82, 2.24) is 4.98 Å². The first-order chi connectivity index (χ1) is 7.49. The highest BCUT2D eigenvalue weighted by Crippen LogP contribution is 2.35. The van der Waals surface area contributed by atoms with Crippen LogP contribution in [0.2, 0.25) is 0 Å². The summed E-state index contributed by atoms with van der Waals surface area (Å²) < 4.78 is 4.89. The Hall–Kier alpha value is -0.160. The van der Waals surface area contributed by atoms with Gasteiger partial charge >= 0.3 is 5.97 Å². The highest BCUT2D eigenvalue weighted by molar-refractivity contribution is 8.03. The molecule has 0 saturated carbocycles. The van der Waals surface area contributed by atoms with Gasteiger partial charge in [-0.3, -0.25) is 4.79 Å². The second kappa shape index (κ2) is 5.96. The van der Waals surface area contributed by atoms with Crippen molar-refractivity contribution in [1.29, 1.82) is 0 Å². The Kier molecular flexibility index (Phi) is 5.18. The van der Waals surface area contributed by atoms with E-state index in [1.807, 2.05) is 28.7 Å². The minimum atomic E-state index is -0.625. The number of rotatable bonds is 5. The zero-order chi connectivity index (χ0) is 12.2. The molecule has 0 saturated heterocycles. The Balaban J connectivity index is 2.68. The number of hydrogen-bond donors (Lipinski definition) is 1. The molecular formula is C9H15N2O2PS2. The van der Waals surface area contributed by atoms with E-state index in [-0.39, 0.29) is 5.97 Å². The zero-order valence-corrected chi connectivity index (χ0v) is 12.0. The molecule has 0 aliphatic carbocycles. The molecule has 1 rings (SSSR count).